The number of pyridine rings is 1. The number of hydrogen-bond donors (Lipinski definition) is 2. The monoisotopic (exact) mass is 244 g/mol. The maximum Gasteiger partial charge on any atom is 0.127 e. The van der Waals surface area contributed by atoms with E-state index in [1.807, 2.05) is 18.2 Å². The normalized spacial score (nSPS) is 12.5. The first-order valence-corrected chi connectivity index (χ1v) is 5.02. The largest absolute Gasteiger partial charge is 0.393 e. The Bertz CT molecular complexity index is 266. The Labute approximate surface area is 86.3 Å². The fourth-order valence-corrected chi connectivity index (χ4v) is 1.26. The average Bonchev–Trinajstić information content (AvgIpc) is 2.03. The highest BCUT2D eigenvalue weighted by Gasteiger charge is 1.96. The van der Waals surface area contributed by atoms with Gasteiger partial charge in [-0.15, -0.1) is 0 Å². The summed E-state index contributed by atoms with van der Waals surface area (Å²) in [6, 6.07) is 5.69. The van der Waals surface area contributed by atoms with E-state index in [0.717, 1.165) is 23.4 Å². The van der Waals surface area contributed by atoms with Crippen molar-refractivity contribution >= 4 is 21.7 Å². The first-order valence-electron chi connectivity index (χ1n) is 4.23. The summed E-state index contributed by atoms with van der Waals surface area (Å²) in [5.41, 5.74) is 0. The minimum Gasteiger partial charge on any atom is -0.393 e. The van der Waals surface area contributed by atoms with Crippen LogP contribution in [-0.2, 0) is 0 Å². The summed E-state index contributed by atoms with van der Waals surface area (Å²) in [7, 11) is 0. The van der Waals surface area contributed by atoms with Crippen molar-refractivity contribution in [2.75, 3.05) is 11.9 Å². The lowest BCUT2D eigenvalue weighted by molar-refractivity contribution is 0.188. The van der Waals surface area contributed by atoms with Crippen LogP contribution in [0.4, 0.5) is 5.82 Å². The number of aliphatic hydroxyl groups is 1. The summed E-state index contributed by atoms with van der Waals surface area (Å²) in [4.78, 5) is 4.19. The third-order valence-electron chi connectivity index (χ3n) is 1.58. The number of hydrogen-bond acceptors (Lipinski definition) is 3. The summed E-state index contributed by atoms with van der Waals surface area (Å²) in [5.74, 6) is 0.829. The number of rotatable bonds is 4. The fourth-order valence-electron chi connectivity index (χ4n) is 0.916. The van der Waals surface area contributed by atoms with E-state index in [1.165, 1.54) is 0 Å². The lowest BCUT2D eigenvalue weighted by atomic mass is 10.3. The van der Waals surface area contributed by atoms with Gasteiger partial charge in [-0.25, -0.2) is 4.98 Å². The van der Waals surface area contributed by atoms with E-state index in [2.05, 4.69) is 26.2 Å². The highest BCUT2D eigenvalue weighted by molar-refractivity contribution is 9.10. The molecule has 1 aromatic rings. The smallest absolute Gasteiger partial charge is 0.127 e. The van der Waals surface area contributed by atoms with E-state index in [0.29, 0.717) is 0 Å². The topological polar surface area (TPSA) is 45.1 Å². The molecule has 0 aliphatic heterocycles. The molecule has 4 heteroatoms. The maximum absolute atomic E-state index is 9.02. The van der Waals surface area contributed by atoms with Crippen LogP contribution in [0, 0.1) is 0 Å². The van der Waals surface area contributed by atoms with Crippen molar-refractivity contribution in [3.8, 4) is 0 Å². The Morgan fingerprint density at radius 3 is 3.00 bits per heavy atom. The number of aliphatic hydroxyl groups excluding tert-OH is 1. The van der Waals surface area contributed by atoms with Crippen molar-refractivity contribution < 1.29 is 5.11 Å². The zero-order valence-corrected chi connectivity index (χ0v) is 9.08. The van der Waals surface area contributed by atoms with Gasteiger partial charge in [-0.2, -0.15) is 0 Å². The van der Waals surface area contributed by atoms with Gasteiger partial charge in [0.05, 0.1) is 6.10 Å². The number of anilines is 1. The van der Waals surface area contributed by atoms with Gasteiger partial charge < -0.3 is 10.4 Å². The van der Waals surface area contributed by atoms with Crippen LogP contribution < -0.4 is 5.32 Å². The molecule has 0 saturated carbocycles. The van der Waals surface area contributed by atoms with Crippen LogP contribution in [0.3, 0.4) is 0 Å². The van der Waals surface area contributed by atoms with Crippen molar-refractivity contribution in [3.63, 3.8) is 0 Å². The zero-order valence-electron chi connectivity index (χ0n) is 7.50. The molecule has 72 valence electrons. The third kappa shape index (κ3) is 4.24. The predicted molar refractivity (Wildman–Crippen MR) is 56.7 cm³/mol. The molecular formula is C9H13BrN2O. The van der Waals surface area contributed by atoms with Crippen LogP contribution in [0.2, 0.25) is 0 Å². The molecule has 3 nitrogen and oxygen atoms in total. The molecule has 0 aliphatic rings. The van der Waals surface area contributed by atoms with Gasteiger partial charge in [-0.3, -0.25) is 0 Å². The molecule has 0 aliphatic carbocycles. The van der Waals surface area contributed by atoms with Crippen LogP contribution in [0.25, 0.3) is 0 Å². The van der Waals surface area contributed by atoms with Gasteiger partial charge in [-0.05, 0) is 41.4 Å². The molecule has 0 spiro atoms. The molecule has 0 fully saturated rings. The summed E-state index contributed by atoms with van der Waals surface area (Å²) < 4.78 is 0.814. The van der Waals surface area contributed by atoms with Gasteiger partial charge >= 0.3 is 0 Å². The Kier molecular flexibility index (Phi) is 4.18. The van der Waals surface area contributed by atoms with Crippen LogP contribution in [0.1, 0.15) is 13.3 Å². The lowest BCUT2D eigenvalue weighted by Gasteiger charge is -2.06. The zero-order chi connectivity index (χ0) is 9.68. The molecule has 1 unspecified atom stereocenters. The number of nitrogens with one attached hydrogen (secondary N) is 1. The molecule has 0 radical (unpaired) electrons. The van der Waals surface area contributed by atoms with E-state index in [-0.39, 0.29) is 6.10 Å². The van der Waals surface area contributed by atoms with Crippen molar-refractivity contribution in [1.29, 1.82) is 0 Å². The van der Waals surface area contributed by atoms with Gasteiger partial charge in [0.1, 0.15) is 10.4 Å². The highest BCUT2D eigenvalue weighted by atomic mass is 79.9. The van der Waals surface area contributed by atoms with Crippen LogP contribution in [0.5, 0.6) is 0 Å². The number of aromatic nitrogens is 1. The Morgan fingerprint density at radius 1 is 1.62 bits per heavy atom. The molecule has 1 atom stereocenters. The second kappa shape index (κ2) is 5.19. The standard InChI is InChI=1S/C9H13BrN2O/c1-7(13)5-6-11-9-4-2-3-8(10)12-9/h2-4,7,13H,5-6H2,1H3,(H,11,12). The third-order valence-corrected chi connectivity index (χ3v) is 2.02. The van der Waals surface area contributed by atoms with Gasteiger partial charge in [-0.1, -0.05) is 6.07 Å². The van der Waals surface area contributed by atoms with Gasteiger partial charge in [0, 0.05) is 6.54 Å². The van der Waals surface area contributed by atoms with Crippen molar-refractivity contribution in [1.82, 2.24) is 4.98 Å². The first-order chi connectivity index (χ1) is 6.18. The second-order valence-electron chi connectivity index (χ2n) is 2.91. The van der Waals surface area contributed by atoms with Gasteiger partial charge in [0.25, 0.3) is 0 Å². The summed E-state index contributed by atoms with van der Waals surface area (Å²) >= 11 is 3.28. The summed E-state index contributed by atoms with van der Waals surface area (Å²) in [6.07, 6.45) is 0.466. The van der Waals surface area contributed by atoms with Crippen LogP contribution in [-0.4, -0.2) is 22.7 Å². The molecule has 0 amide bonds. The van der Waals surface area contributed by atoms with Gasteiger partial charge in [0.2, 0.25) is 0 Å². The summed E-state index contributed by atoms with van der Waals surface area (Å²) in [5, 5.41) is 12.1. The van der Waals surface area contributed by atoms with E-state index < -0.39 is 0 Å². The van der Waals surface area contributed by atoms with Crippen LogP contribution >= 0.6 is 15.9 Å². The SMILES string of the molecule is CC(O)CCNc1cccc(Br)n1. The highest BCUT2D eigenvalue weighted by Crippen LogP contribution is 2.09. The molecule has 13 heavy (non-hydrogen) atoms. The van der Waals surface area contributed by atoms with E-state index in [9.17, 15) is 0 Å². The van der Waals surface area contributed by atoms with Crippen LogP contribution in [0.15, 0.2) is 22.8 Å². The van der Waals surface area contributed by atoms with E-state index in [4.69, 9.17) is 5.11 Å². The molecular weight excluding hydrogens is 232 g/mol. The average molecular weight is 245 g/mol. The minimum absolute atomic E-state index is 0.264. The molecule has 1 heterocycles. The van der Waals surface area contributed by atoms with Gasteiger partial charge in [0.15, 0.2) is 0 Å². The second-order valence-corrected chi connectivity index (χ2v) is 3.72. The quantitative estimate of drug-likeness (QED) is 0.798. The van der Waals surface area contributed by atoms with E-state index in [1.54, 1.807) is 6.92 Å². The minimum atomic E-state index is -0.264. The van der Waals surface area contributed by atoms with E-state index >= 15 is 0 Å². The molecule has 2 N–H and O–H groups in total. The maximum atomic E-state index is 9.02. The molecule has 0 saturated heterocycles. The van der Waals surface area contributed by atoms with Crippen molar-refractivity contribution in [2.45, 2.75) is 19.4 Å². The summed E-state index contributed by atoms with van der Waals surface area (Å²) in [6.45, 7) is 2.51. The number of nitrogens with zero attached hydrogens (tertiary/aromatic N) is 1. The predicted octanol–water partition coefficient (Wildman–Crippen LogP) is 2.03. The molecule has 1 aromatic heterocycles. The molecule has 0 aromatic carbocycles. The van der Waals surface area contributed by atoms with Crippen molar-refractivity contribution in [3.05, 3.63) is 22.8 Å². The molecule has 0 bridgehead atoms. The first kappa shape index (κ1) is 10.5. The number of halogens is 1. The Balaban J connectivity index is 2.37. The fraction of sp³-hybridized carbons (Fsp3) is 0.444. The Morgan fingerprint density at radius 2 is 2.38 bits per heavy atom. The Hall–Kier alpha value is -0.610. The molecule has 1 rings (SSSR count). The lowest BCUT2D eigenvalue weighted by Crippen LogP contribution is -2.10. The van der Waals surface area contributed by atoms with Crippen molar-refractivity contribution in [2.24, 2.45) is 0 Å².